The normalized spacial score (nSPS) is 26.2. The lowest BCUT2D eigenvalue weighted by atomic mass is 9.92. The Morgan fingerprint density at radius 1 is 1.32 bits per heavy atom. The van der Waals surface area contributed by atoms with E-state index in [1.165, 1.54) is 5.56 Å². The molecule has 0 bridgehead atoms. The predicted molar refractivity (Wildman–Crippen MR) is 73.3 cm³/mol. The molecule has 0 aliphatic carbocycles. The van der Waals surface area contributed by atoms with Crippen molar-refractivity contribution >= 4 is 5.91 Å². The highest BCUT2D eigenvalue weighted by atomic mass is 16.5. The Labute approximate surface area is 113 Å². The molecule has 1 fully saturated rings. The van der Waals surface area contributed by atoms with E-state index in [0.29, 0.717) is 5.92 Å². The third kappa shape index (κ3) is 2.73. The van der Waals surface area contributed by atoms with E-state index < -0.39 is 0 Å². The lowest BCUT2D eigenvalue weighted by Gasteiger charge is -2.29. The molecule has 19 heavy (non-hydrogen) atoms. The number of hydrogen-bond acceptors (Lipinski definition) is 3. The molecule has 2 aliphatic heterocycles. The van der Waals surface area contributed by atoms with Crippen LogP contribution in [0.2, 0.25) is 0 Å². The molecular weight excluding hydrogens is 240 g/mol. The summed E-state index contributed by atoms with van der Waals surface area (Å²) in [7, 11) is 0. The van der Waals surface area contributed by atoms with Crippen molar-refractivity contribution in [2.75, 3.05) is 19.7 Å². The van der Waals surface area contributed by atoms with E-state index in [-0.39, 0.29) is 11.9 Å². The first kappa shape index (κ1) is 12.5. The number of carbonyl (C=O) groups is 1. The summed E-state index contributed by atoms with van der Waals surface area (Å²) in [5, 5.41) is 6.33. The number of para-hydroxylation sites is 1. The van der Waals surface area contributed by atoms with Gasteiger partial charge in [0.2, 0.25) is 5.91 Å². The molecule has 4 heteroatoms. The van der Waals surface area contributed by atoms with Crippen molar-refractivity contribution in [1.29, 1.82) is 0 Å². The quantitative estimate of drug-likeness (QED) is 0.864. The van der Waals surface area contributed by atoms with Crippen LogP contribution in [0.15, 0.2) is 24.3 Å². The third-order valence-corrected chi connectivity index (χ3v) is 3.98. The molecule has 2 aliphatic rings. The molecule has 2 unspecified atom stereocenters. The van der Waals surface area contributed by atoms with Gasteiger partial charge >= 0.3 is 0 Å². The molecule has 0 aromatic heterocycles. The fraction of sp³-hybridized carbons (Fsp3) is 0.533. The highest BCUT2D eigenvalue weighted by molar-refractivity contribution is 5.82. The van der Waals surface area contributed by atoms with E-state index in [1.807, 2.05) is 18.2 Å². The van der Waals surface area contributed by atoms with Gasteiger partial charge in [0, 0.05) is 19.0 Å². The largest absolute Gasteiger partial charge is 0.493 e. The van der Waals surface area contributed by atoms with E-state index >= 15 is 0 Å². The Morgan fingerprint density at radius 3 is 3.11 bits per heavy atom. The van der Waals surface area contributed by atoms with Crippen LogP contribution in [0.3, 0.4) is 0 Å². The zero-order chi connectivity index (χ0) is 13.1. The van der Waals surface area contributed by atoms with Crippen LogP contribution in [-0.2, 0) is 4.79 Å². The average molecular weight is 260 g/mol. The van der Waals surface area contributed by atoms with Gasteiger partial charge in [0.1, 0.15) is 5.75 Å². The lowest BCUT2D eigenvalue weighted by molar-refractivity contribution is -0.124. The van der Waals surface area contributed by atoms with Crippen LogP contribution in [0, 0.1) is 0 Å². The minimum Gasteiger partial charge on any atom is -0.493 e. The van der Waals surface area contributed by atoms with Crippen LogP contribution in [-0.4, -0.2) is 31.6 Å². The van der Waals surface area contributed by atoms with E-state index in [1.54, 1.807) is 0 Å². The topological polar surface area (TPSA) is 50.4 Å². The summed E-state index contributed by atoms with van der Waals surface area (Å²) in [4.78, 5) is 11.7. The second kappa shape index (κ2) is 5.61. The van der Waals surface area contributed by atoms with Gasteiger partial charge < -0.3 is 15.4 Å². The van der Waals surface area contributed by atoms with Crippen LogP contribution in [0.25, 0.3) is 0 Å². The first-order valence-electron chi connectivity index (χ1n) is 7.07. The summed E-state index contributed by atoms with van der Waals surface area (Å²) in [6.07, 6.45) is 3.02. The second-order valence-corrected chi connectivity index (χ2v) is 5.27. The fourth-order valence-electron chi connectivity index (χ4n) is 2.88. The first-order valence-corrected chi connectivity index (χ1v) is 7.07. The Bertz CT molecular complexity index is 461. The number of ether oxygens (including phenoxy) is 1. The molecule has 0 saturated carbocycles. The summed E-state index contributed by atoms with van der Waals surface area (Å²) in [6, 6.07) is 8.18. The predicted octanol–water partition coefficient (Wildman–Crippen LogP) is 1.42. The summed E-state index contributed by atoms with van der Waals surface area (Å²) in [5.41, 5.74) is 1.26. The van der Waals surface area contributed by atoms with Crippen LogP contribution >= 0.6 is 0 Å². The Morgan fingerprint density at radius 2 is 2.21 bits per heavy atom. The number of nitrogens with one attached hydrogen (secondary N) is 2. The summed E-state index contributed by atoms with van der Waals surface area (Å²) in [5.74, 6) is 1.58. The first-order chi connectivity index (χ1) is 9.34. The van der Waals surface area contributed by atoms with E-state index in [0.717, 1.165) is 44.7 Å². The van der Waals surface area contributed by atoms with Crippen molar-refractivity contribution in [3.05, 3.63) is 29.8 Å². The SMILES string of the molecule is O=C1NCCCC1NCC1CCOc2ccccc21. The zero-order valence-corrected chi connectivity index (χ0v) is 11.0. The highest BCUT2D eigenvalue weighted by Gasteiger charge is 2.25. The molecule has 1 aromatic rings. The van der Waals surface area contributed by atoms with Gasteiger partial charge in [0.15, 0.2) is 0 Å². The van der Waals surface area contributed by atoms with Crippen molar-refractivity contribution in [2.24, 2.45) is 0 Å². The van der Waals surface area contributed by atoms with Crippen LogP contribution in [0.5, 0.6) is 5.75 Å². The molecule has 2 N–H and O–H groups in total. The molecule has 0 spiro atoms. The maximum atomic E-state index is 11.7. The Kier molecular flexibility index (Phi) is 3.69. The van der Waals surface area contributed by atoms with Gasteiger partial charge in [-0.3, -0.25) is 4.79 Å². The van der Waals surface area contributed by atoms with E-state index in [9.17, 15) is 4.79 Å². The minimum absolute atomic E-state index is 0.0243. The number of carbonyl (C=O) groups excluding carboxylic acids is 1. The molecule has 1 amide bonds. The van der Waals surface area contributed by atoms with Gasteiger partial charge in [-0.2, -0.15) is 0 Å². The van der Waals surface area contributed by atoms with Crippen LogP contribution in [0.1, 0.15) is 30.7 Å². The summed E-state index contributed by atoms with van der Waals surface area (Å²) < 4.78 is 5.66. The Balaban J connectivity index is 1.63. The molecular formula is C15H20N2O2. The van der Waals surface area contributed by atoms with Gasteiger partial charge in [-0.25, -0.2) is 0 Å². The van der Waals surface area contributed by atoms with Crippen LogP contribution in [0.4, 0.5) is 0 Å². The molecule has 2 atom stereocenters. The number of fused-ring (bicyclic) bond motifs is 1. The number of rotatable bonds is 3. The van der Waals surface area contributed by atoms with Crippen molar-refractivity contribution in [3.63, 3.8) is 0 Å². The zero-order valence-electron chi connectivity index (χ0n) is 11.0. The fourth-order valence-corrected chi connectivity index (χ4v) is 2.88. The molecule has 1 saturated heterocycles. The van der Waals surface area contributed by atoms with Crippen LogP contribution < -0.4 is 15.4 Å². The van der Waals surface area contributed by atoms with Crippen molar-refractivity contribution < 1.29 is 9.53 Å². The van der Waals surface area contributed by atoms with Gasteiger partial charge in [-0.05, 0) is 30.9 Å². The highest BCUT2D eigenvalue weighted by Crippen LogP contribution is 2.32. The minimum atomic E-state index is -0.0243. The van der Waals surface area contributed by atoms with Gasteiger partial charge in [-0.1, -0.05) is 18.2 Å². The maximum Gasteiger partial charge on any atom is 0.237 e. The Hall–Kier alpha value is -1.55. The second-order valence-electron chi connectivity index (χ2n) is 5.27. The molecule has 102 valence electrons. The summed E-state index contributed by atoms with van der Waals surface area (Å²) >= 11 is 0. The van der Waals surface area contributed by atoms with Gasteiger partial charge in [0.05, 0.1) is 12.6 Å². The standard InChI is InChI=1S/C15H20N2O2/c18-15-13(5-3-8-16-15)17-10-11-7-9-19-14-6-2-1-4-12(11)14/h1-2,4,6,11,13,17H,3,5,7-10H2,(H,16,18). The lowest BCUT2D eigenvalue weighted by Crippen LogP contribution is -2.49. The molecule has 2 heterocycles. The third-order valence-electron chi connectivity index (χ3n) is 3.98. The number of benzene rings is 1. The van der Waals surface area contributed by atoms with E-state index in [2.05, 4.69) is 16.7 Å². The van der Waals surface area contributed by atoms with E-state index in [4.69, 9.17) is 4.74 Å². The smallest absolute Gasteiger partial charge is 0.237 e. The number of amides is 1. The summed E-state index contributed by atoms with van der Waals surface area (Å²) in [6.45, 7) is 2.43. The monoisotopic (exact) mass is 260 g/mol. The van der Waals surface area contributed by atoms with Crippen molar-refractivity contribution in [2.45, 2.75) is 31.2 Å². The molecule has 4 nitrogen and oxygen atoms in total. The van der Waals surface area contributed by atoms with Gasteiger partial charge in [-0.15, -0.1) is 0 Å². The number of piperidine rings is 1. The van der Waals surface area contributed by atoms with Gasteiger partial charge in [0.25, 0.3) is 0 Å². The van der Waals surface area contributed by atoms with Crippen molar-refractivity contribution in [1.82, 2.24) is 10.6 Å². The maximum absolute atomic E-state index is 11.7. The molecule has 0 radical (unpaired) electrons. The molecule has 3 rings (SSSR count). The number of hydrogen-bond donors (Lipinski definition) is 2. The average Bonchev–Trinajstić information content (AvgIpc) is 2.46. The molecule has 1 aromatic carbocycles. The van der Waals surface area contributed by atoms with Crippen molar-refractivity contribution in [3.8, 4) is 5.75 Å².